The summed E-state index contributed by atoms with van der Waals surface area (Å²) in [7, 11) is -0.301. The van der Waals surface area contributed by atoms with Crippen molar-refractivity contribution in [3.05, 3.63) is 33.4 Å². The first-order chi connectivity index (χ1) is 10.3. The molecule has 2 rings (SSSR count). The van der Waals surface area contributed by atoms with Crippen molar-refractivity contribution in [2.75, 3.05) is 27.2 Å². The molecule has 1 aromatic rings. The van der Waals surface area contributed by atoms with Gasteiger partial charge in [0.15, 0.2) is 0 Å². The highest BCUT2D eigenvalue weighted by Gasteiger charge is 2.30. The lowest BCUT2D eigenvalue weighted by atomic mass is 10.1. The first kappa shape index (κ1) is 17.6. The average Bonchev–Trinajstić information content (AvgIpc) is 2.48. The SMILES string of the molecule is CN(C)S(=O)(=O)N1CCC(NC(=O)c2ccccc2I)CC1. The molecule has 22 heavy (non-hydrogen) atoms. The maximum atomic E-state index is 12.3. The molecular weight excluding hydrogens is 417 g/mol. The van der Waals surface area contributed by atoms with Crippen LogP contribution in [0.1, 0.15) is 23.2 Å². The number of benzene rings is 1. The predicted octanol–water partition coefficient (Wildman–Crippen LogP) is 1.29. The number of carbonyl (C=O) groups excluding carboxylic acids is 1. The highest BCUT2D eigenvalue weighted by Crippen LogP contribution is 2.17. The summed E-state index contributed by atoms with van der Waals surface area (Å²) in [5, 5.41) is 3.00. The van der Waals surface area contributed by atoms with E-state index in [1.165, 1.54) is 22.7 Å². The minimum absolute atomic E-state index is 0.0112. The third kappa shape index (κ3) is 3.98. The highest BCUT2D eigenvalue weighted by molar-refractivity contribution is 14.1. The van der Waals surface area contributed by atoms with Crippen LogP contribution in [-0.4, -0.2) is 56.2 Å². The maximum absolute atomic E-state index is 12.3. The molecule has 0 saturated carbocycles. The Labute approximate surface area is 145 Å². The zero-order valence-corrected chi connectivity index (χ0v) is 15.6. The molecular formula is C14H20IN3O3S. The molecule has 6 nitrogen and oxygen atoms in total. The smallest absolute Gasteiger partial charge is 0.281 e. The van der Waals surface area contributed by atoms with E-state index < -0.39 is 10.2 Å². The van der Waals surface area contributed by atoms with Gasteiger partial charge in [-0.15, -0.1) is 0 Å². The van der Waals surface area contributed by atoms with E-state index in [9.17, 15) is 13.2 Å². The number of hydrogen-bond donors (Lipinski definition) is 1. The average molecular weight is 437 g/mol. The number of rotatable bonds is 4. The number of piperidine rings is 1. The Morgan fingerprint density at radius 1 is 1.27 bits per heavy atom. The van der Waals surface area contributed by atoms with Crippen LogP contribution in [0.15, 0.2) is 24.3 Å². The van der Waals surface area contributed by atoms with Crippen molar-refractivity contribution in [1.29, 1.82) is 0 Å². The second-order valence-electron chi connectivity index (χ2n) is 5.42. The molecule has 1 fully saturated rings. The molecule has 1 amide bonds. The number of nitrogens with zero attached hydrogens (tertiary/aromatic N) is 2. The molecule has 1 aliphatic rings. The lowest BCUT2D eigenvalue weighted by Gasteiger charge is -2.33. The van der Waals surface area contributed by atoms with E-state index in [2.05, 4.69) is 27.9 Å². The summed E-state index contributed by atoms with van der Waals surface area (Å²) < 4.78 is 27.7. The number of hydrogen-bond acceptors (Lipinski definition) is 3. The largest absolute Gasteiger partial charge is 0.349 e. The van der Waals surface area contributed by atoms with Crippen LogP contribution in [0.5, 0.6) is 0 Å². The van der Waals surface area contributed by atoms with Gasteiger partial charge in [-0.2, -0.15) is 17.0 Å². The zero-order valence-electron chi connectivity index (χ0n) is 12.6. The van der Waals surface area contributed by atoms with Crippen LogP contribution in [0.2, 0.25) is 0 Å². The summed E-state index contributed by atoms with van der Waals surface area (Å²) in [6, 6.07) is 7.42. The van der Waals surface area contributed by atoms with Gasteiger partial charge in [0.05, 0.1) is 5.56 Å². The monoisotopic (exact) mass is 437 g/mol. The van der Waals surface area contributed by atoms with Crippen molar-refractivity contribution in [1.82, 2.24) is 13.9 Å². The quantitative estimate of drug-likeness (QED) is 0.722. The lowest BCUT2D eigenvalue weighted by molar-refractivity contribution is 0.0922. The minimum atomic E-state index is -3.36. The van der Waals surface area contributed by atoms with Gasteiger partial charge in [-0.05, 0) is 47.6 Å². The van der Waals surface area contributed by atoms with E-state index in [0.29, 0.717) is 31.5 Å². The fourth-order valence-corrected chi connectivity index (χ4v) is 4.14. The fraction of sp³-hybridized carbons (Fsp3) is 0.500. The van der Waals surface area contributed by atoms with Gasteiger partial charge in [0, 0.05) is 36.8 Å². The summed E-state index contributed by atoms with van der Waals surface area (Å²) in [4.78, 5) is 12.3. The Morgan fingerprint density at radius 3 is 2.41 bits per heavy atom. The second-order valence-corrected chi connectivity index (χ2v) is 8.72. The van der Waals surface area contributed by atoms with E-state index >= 15 is 0 Å². The van der Waals surface area contributed by atoms with Gasteiger partial charge in [0.1, 0.15) is 0 Å². The summed E-state index contributed by atoms with van der Waals surface area (Å²) in [5.74, 6) is -0.0982. The highest BCUT2D eigenvalue weighted by atomic mass is 127. The Hall–Kier alpha value is -0.710. The third-order valence-corrected chi connectivity index (χ3v) is 6.58. The van der Waals surface area contributed by atoms with E-state index in [-0.39, 0.29) is 11.9 Å². The van der Waals surface area contributed by atoms with Crippen LogP contribution in [0.3, 0.4) is 0 Å². The Balaban J connectivity index is 1.93. The van der Waals surface area contributed by atoms with Crippen molar-refractivity contribution >= 4 is 38.7 Å². The second kappa shape index (κ2) is 7.24. The zero-order chi connectivity index (χ0) is 16.3. The van der Waals surface area contributed by atoms with Crippen LogP contribution < -0.4 is 5.32 Å². The number of nitrogens with one attached hydrogen (secondary N) is 1. The number of carbonyl (C=O) groups is 1. The molecule has 0 unspecified atom stereocenters. The number of halogens is 1. The van der Waals surface area contributed by atoms with Crippen LogP contribution >= 0.6 is 22.6 Å². The van der Waals surface area contributed by atoms with E-state index in [4.69, 9.17) is 0 Å². The van der Waals surface area contributed by atoms with Crippen molar-refractivity contribution < 1.29 is 13.2 Å². The molecule has 0 aromatic heterocycles. The van der Waals surface area contributed by atoms with Crippen molar-refractivity contribution in [3.8, 4) is 0 Å². The minimum Gasteiger partial charge on any atom is -0.349 e. The molecule has 1 aliphatic heterocycles. The lowest BCUT2D eigenvalue weighted by Crippen LogP contribution is -2.49. The molecule has 1 heterocycles. The summed E-state index contributed by atoms with van der Waals surface area (Å²) in [5.41, 5.74) is 0.659. The van der Waals surface area contributed by atoms with Crippen LogP contribution in [-0.2, 0) is 10.2 Å². The Morgan fingerprint density at radius 2 is 1.86 bits per heavy atom. The molecule has 1 N–H and O–H groups in total. The molecule has 8 heteroatoms. The van der Waals surface area contributed by atoms with Gasteiger partial charge in [-0.1, -0.05) is 12.1 Å². The fourth-order valence-electron chi connectivity index (χ4n) is 2.37. The van der Waals surface area contributed by atoms with Crippen LogP contribution in [0.4, 0.5) is 0 Å². The van der Waals surface area contributed by atoms with Crippen molar-refractivity contribution in [2.45, 2.75) is 18.9 Å². The predicted molar refractivity (Wildman–Crippen MR) is 93.8 cm³/mol. The molecule has 0 radical (unpaired) electrons. The molecule has 0 atom stereocenters. The molecule has 0 aliphatic carbocycles. The van der Waals surface area contributed by atoms with Crippen molar-refractivity contribution in [2.24, 2.45) is 0 Å². The molecule has 0 spiro atoms. The summed E-state index contributed by atoms with van der Waals surface area (Å²) >= 11 is 2.14. The first-order valence-electron chi connectivity index (χ1n) is 7.05. The molecule has 0 bridgehead atoms. The van der Waals surface area contributed by atoms with Gasteiger partial charge in [-0.3, -0.25) is 4.79 Å². The summed E-state index contributed by atoms with van der Waals surface area (Å²) in [6.07, 6.45) is 1.25. The number of amides is 1. The van der Waals surface area contributed by atoms with Gasteiger partial charge in [0.25, 0.3) is 16.1 Å². The van der Waals surface area contributed by atoms with Crippen LogP contribution in [0.25, 0.3) is 0 Å². The normalized spacial score (nSPS) is 17.6. The van der Waals surface area contributed by atoms with E-state index in [1.54, 1.807) is 6.07 Å². The van der Waals surface area contributed by atoms with Crippen molar-refractivity contribution in [3.63, 3.8) is 0 Å². The van der Waals surface area contributed by atoms with Gasteiger partial charge >= 0.3 is 0 Å². The Bertz CT molecular complexity index is 640. The Kier molecular flexibility index (Phi) is 5.81. The van der Waals surface area contributed by atoms with Gasteiger partial charge < -0.3 is 5.32 Å². The maximum Gasteiger partial charge on any atom is 0.281 e. The topological polar surface area (TPSA) is 69.7 Å². The van der Waals surface area contributed by atoms with E-state index in [1.807, 2.05) is 18.2 Å². The van der Waals surface area contributed by atoms with Gasteiger partial charge in [0.2, 0.25) is 0 Å². The van der Waals surface area contributed by atoms with Gasteiger partial charge in [-0.25, -0.2) is 0 Å². The molecule has 1 aromatic carbocycles. The first-order valence-corrected chi connectivity index (χ1v) is 9.53. The van der Waals surface area contributed by atoms with E-state index in [0.717, 1.165) is 3.57 Å². The third-order valence-electron chi connectivity index (χ3n) is 3.70. The molecule has 1 saturated heterocycles. The standard InChI is InChI=1S/C14H20IN3O3S/c1-17(2)22(20,21)18-9-7-11(8-10-18)16-14(19)12-5-3-4-6-13(12)15/h3-6,11H,7-10H2,1-2H3,(H,16,19). The van der Waals surface area contributed by atoms with Crippen LogP contribution in [0, 0.1) is 3.57 Å². The molecule has 122 valence electrons. The summed E-state index contributed by atoms with van der Waals surface area (Å²) in [6.45, 7) is 0.856.